The molecule has 3 heterocycles. The van der Waals surface area contributed by atoms with Crippen molar-refractivity contribution >= 4 is 23.4 Å². The maximum Gasteiger partial charge on any atom is 0.229 e. The Morgan fingerprint density at radius 3 is 2.43 bits per heavy atom. The van der Waals surface area contributed by atoms with E-state index in [0.717, 1.165) is 25.8 Å². The highest BCUT2D eigenvalue weighted by Crippen LogP contribution is 2.40. The summed E-state index contributed by atoms with van der Waals surface area (Å²) in [7, 11) is 4.46. The number of nitrogens with one attached hydrogen (secondary N) is 4. The lowest BCUT2D eigenvalue weighted by Crippen LogP contribution is -2.75. The van der Waals surface area contributed by atoms with Crippen molar-refractivity contribution in [1.82, 2.24) is 20.9 Å². The summed E-state index contributed by atoms with van der Waals surface area (Å²) in [5.74, 6) is -1.37. The molecule has 0 aliphatic carbocycles. The Kier molecular flexibility index (Phi) is 7.66. The molecule has 0 spiro atoms. The van der Waals surface area contributed by atoms with Crippen molar-refractivity contribution in [3.8, 4) is 17.2 Å². The Balaban J connectivity index is 1.53. The van der Waals surface area contributed by atoms with Gasteiger partial charge in [0.1, 0.15) is 6.29 Å². The number of fused-ring (bicyclic) bond motifs is 1. The van der Waals surface area contributed by atoms with Crippen molar-refractivity contribution < 1.29 is 28.6 Å². The van der Waals surface area contributed by atoms with Crippen molar-refractivity contribution in [2.45, 2.75) is 57.5 Å². The van der Waals surface area contributed by atoms with Crippen LogP contribution in [0.15, 0.2) is 12.1 Å². The lowest BCUT2D eigenvalue weighted by Gasteiger charge is -2.49. The zero-order valence-electron chi connectivity index (χ0n) is 20.7. The molecular weight excluding hydrogens is 454 g/mol. The minimum atomic E-state index is -0.843. The summed E-state index contributed by atoms with van der Waals surface area (Å²) in [6.45, 7) is 3.01. The van der Waals surface area contributed by atoms with Crippen LogP contribution in [0.2, 0.25) is 0 Å². The van der Waals surface area contributed by atoms with Crippen LogP contribution >= 0.6 is 0 Å². The Bertz CT molecular complexity index is 947. The molecule has 3 saturated heterocycles. The molecule has 3 aliphatic rings. The largest absolute Gasteiger partial charge is 0.493 e. The topological polar surface area (TPSA) is 130 Å². The van der Waals surface area contributed by atoms with Gasteiger partial charge in [0.15, 0.2) is 11.5 Å². The van der Waals surface area contributed by atoms with E-state index in [2.05, 4.69) is 33.1 Å². The summed E-state index contributed by atoms with van der Waals surface area (Å²) < 4.78 is 16.0. The van der Waals surface area contributed by atoms with Crippen LogP contribution in [0.3, 0.4) is 0 Å². The fourth-order valence-electron chi connectivity index (χ4n) is 5.43. The lowest BCUT2D eigenvalue weighted by atomic mass is 9.81. The van der Waals surface area contributed by atoms with Gasteiger partial charge in [-0.1, -0.05) is 13.3 Å². The first-order valence-electron chi connectivity index (χ1n) is 12.1. The normalized spacial score (nSPS) is 28.9. The maximum absolute atomic E-state index is 13.3. The third kappa shape index (κ3) is 5.01. The highest BCUT2D eigenvalue weighted by Gasteiger charge is 2.49. The monoisotopic (exact) mass is 489 g/mol. The van der Waals surface area contributed by atoms with Gasteiger partial charge in [0.25, 0.3) is 0 Å². The van der Waals surface area contributed by atoms with E-state index in [0.29, 0.717) is 29.0 Å². The fraction of sp³-hybridized carbons (Fsp3) is 0.625. The van der Waals surface area contributed by atoms with E-state index in [9.17, 15) is 14.4 Å². The third-order valence-corrected chi connectivity index (χ3v) is 7.18. The van der Waals surface area contributed by atoms with E-state index in [4.69, 9.17) is 14.2 Å². The average Bonchev–Trinajstić information content (AvgIpc) is 2.87. The Labute approximate surface area is 205 Å². The quantitative estimate of drug-likeness (QED) is 0.446. The van der Waals surface area contributed by atoms with E-state index < -0.39 is 23.9 Å². The van der Waals surface area contributed by atoms with Gasteiger partial charge in [-0.15, -0.1) is 0 Å². The Morgan fingerprint density at radius 2 is 1.80 bits per heavy atom. The van der Waals surface area contributed by atoms with Crippen molar-refractivity contribution in [3.63, 3.8) is 0 Å². The minimum Gasteiger partial charge on any atom is -0.493 e. The molecule has 35 heavy (non-hydrogen) atoms. The number of carbonyl (C=O) groups is 3. The van der Waals surface area contributed by atoms with Crippen LogP contribution in [0.1, 0.15) is 39.0 Å². The highest BCUT2D eigenvalue weighted by molar-refractivity contribution is 6.00. The predicted molar refractivity (Wildman–Crippen MR) is 128 cm³/mol. The van der Waals surface area contributed by atoms with Crippen LogP contribution < -0.4 is 35.5 Å². The second-order valence-corrected chi connectivity index (χ2v) is 9.16. The zero-order valence-corrected chi connectivity index (χ0v) is 20.7. The molecule has 5 unspecified atom stereocenters. The molecule has 1 aromatic carbocycles. The van der Waals surface area contributed by atoms with Crippen LogP contribution in [-0.2, 0) is 14.4 Å². The van der Waals surface area contributed by atoms with Crippen LogP contribution in [0, 0.1) is 11.8 Å². The van der Waals surface area contributed by atoms with Gasteiger partial charge in [0.2, 0.25) is 23.5 Å². The molecular formula is C24H35N5O6. The van der Waals surface area contributed by atoms with E-state index in [1.165, 1.54) is 27.8 Å². The second kappa shape index (κ2) is 10.7. The number of hydrogen-bond donors (Lipinski definition) is 4. The van der Waals surface area contributed by atoms with Crippen LogP contribution in [0.5, 0.6) is 17.2 Å². The number of ether oxygens (including phenoxy) is 3. The number of piperidine rings is 2. The lowest BCUT2D eigenvalue weighted by molar-refractivity contribution is -0.148. The molecule has 0 saturated carbocycles. The van der Waals surface area contributed by atoms with Crippen LogP contribution in [0.4, 0.5) is 5.69 Å². The van der Waals surface area contributed by atoms with Crippen LogP contribution in [0.25, 0.3) is 0 Å². The molecule has 3 aliphatic heterocycles. The van der Waals surface area contributed by atoms with Gasteiger partial charge in [-0.25, -0.2) is 0 Å². The van der Waals surface area contributed by atoms with E-state index in [1.54, 1.807) is 12.1 Å². The molecule has 11 nitrogen and oxygen atoms in total. The van der Waals surface area contributed by atoms with E-state index in [1.807, 2.05) is 0 Å². The molecule has 0 aromatic heterocycles. The van der Waals surface area contributed by atoms with Gasteiger partial charge in [-0.05, 0) is 19.3 Å². The molecule has 11 heteroatoms. The predicted octanol–water partition coefficient (Wildman–Crippen LogP) is 0.997. The number of rotatable bonds is 7. The van der Waals surface area contributed by atoms with Crippen molar-refractivity contribution in [3.05, 3.63) is 12.1 Å². The molecule has 4 N–H and O–H groups in total. The third-order valence-electron chi connectivity index (χ3n) is 7.18. The summed E-state index contributed by atoms with van der Waals surface area (Å²) >= 11 is 0. The Morgan fingerprint density at radius 1 is 1.09 bits per heavy atom. The smallest absolute Gasteiger partial charge is 0.229 e. The minimum absolute atomic E-state index is 0.0848. The van der Waals surface area contributed by atoms with E-state index >= 15 is 0 Å². The van der Waals surface area contributed by atoms with Gasteiger partial charge in [0.05, 0.1) is 39.3 Å². The molecule has 4 rings (SSSR count). The maximum atomic E-state index is 13.3. The molecule has 1 aromatic rings. The van der Waals surface area contributed by atoms with Gasteiger partial charge in [0, 0.05) is 36.8 Å². The van der Waals surface area contributed by atoms with Gasteiger partial charge in [-0.2, -0.15) is 0 Å². The van der Waals surface area contributed by atoms with Gasteiger partial charge in [-0.3, -0.25) is 24.6 Å². The number of anilines is 1. The first-order chi connectivity index (χ1) is 16.9. The summed E-state index contributed by atoms with van der Waals surface area (Å²) in [6.07, 6.45) is 3.18. The second-order valence-electron chi connectivity index (χ2n) is 9.16. The van der Waals surface area contributed by atoms with Gasteiger partial charge < -0.3 is 30.2 Å². The zero-order chi connectivity index (χ0) is 25.1. The number of methoxy groups -OCH3 is 3. The highest BCUT2D eigenvalue weighted by atomic mass is 16.5. The molecule has 3 fully saturated rings. The average molecular weight is 490 g/mol. The summed E-state index contributed by atoms with van der Waals surface area (Å²) in [5.41, 5.74) is 0.410. The van der Waals surface area contributed by atoms with Crippen molar-refractivity contribution in [2.75, 3.05) is 33.2 Å². The number of amides is 3. The molecule has 192 valence electrons. The summed E-state index contributed by atoms with van der Waals surface area (Å²) in [4.78, 5) is 41.4. The SMILES string of the molecule is CCC1CCCCN1C1NC(=O)C2C(NC(=O)CC2C(=O)Nc2cc(OC)c(OC)c(OC)c2)N1. The number of benzene rings is 1. The molecule has 0 radical (unpaired) electrons. The molecule has 0 bridgehead atoms. The first kappa shape index (κ1) is 25.1. The summed E-state index contributed by atoms with van der Waals surface area (Å²) in [5, 5.41) is 12.1. The number of nitrogens with zero attached hydrogens (tertiary/aromatic N) is 1. The Hall–Kier alpha value is -3.05. The number of carbonyl (C=O) groups excluding carboxylic acids is 3. The van der Waals surface area contributed by atoms with Gasteiger partial charge >= 0.3 is 0 Å². The number of likely N-dealkylation sites (tertiary alicyclic amines) is 1. The number of hydrogen-bond acceptors (Lipinski definition) is 8. The van der Waals surface area contributed by atoms with Crippen molar-refractivity contribution in [2.24, 2.45) is 11.8 Å². The van der Waals surface area contributed by atoms with Crippen LogP contribution in [-0.4, -0.2) is 69.0 Å². The molecule has 3 amide bonds. The van der Waals surface area contributed by atoms with Crippen molar-refractivity contribution in [1.29, 1.82) is 0 Å². The molecule has 5 atom stereocenters. The standard InChI is InChI=1S/C24H35N5O6/c1-5-14-8-6-7-9-29(14)24-27-21-19(23(32)28-24)15(12-18(30)26-21)22(31)25-13-10-16(33-2)20(35-4)17(11-13)34-3/h10-11,14-15,19,21,24,27H,5-9,12H2,1-4H3,(H,25,31)(H,26,30)(H,28,32). The fourth-order valence-corrected chi connectivity index (χ4v) is 5.43. The summed E-state index contributed by atoms with van der Waals surface area (Å²) in [6, 6.07) is 3.57. The van der Waals surface area contributed by atoms with E-state index in [-0.39, 0.29) is 24.5 Å². The first-order valence-corrected chi connectivity index (χ1v) is 12.1.